The van der Waals surface area contributed by atoms with Crippen LogP contribution in [0.3, 0.4) is 0 Å². The molecule has 1 aliphatic heterocycles. The Bertz CT molecular complexity index is 591. The van der Waals surface area contributed by atoms with Crippen molar-refractivity contribution in [3.05, 3.63) is 16.5 Å². The maximum atomic E-state index is 12.8. The zero-order valence-corrected chi connectivity index (χ0v) is 15.8. The van der Waals surface area contributed by atoms with Crippen LogP contribution in [0, 0.1) is 24.2 Å². The number of rotatable bonds is 2. The molecule has 4 nitrogen and oxygen atoms in total. The van der Waals surface area contributed by atoms with Crippen molar-refractivity contribution in [1.82, 2.24) is 4.90 Å². The minimum absolute atomic E-state index is 0.0297. The summed E-state index contributed by atoms with van der Waals surface area (Å²) in [7, 11) is 0. The number of nitrogens with one attached hydrogen (secondary N) is 1. The molecule has 1 saturated heterocycles. The van der Waals surface area contributed by atoms with Crippen LogP contribution in [0.1, 0.15) is 56.3 Å². The van der Waals surface area contributed by atoms with Gasteiger partial charge in [0.2, 0.25) is 5.91 Å². The molecule has 0 saturated carbocycles. The highest BCUT2D eigenvalue weighted by Gasteiger charge is 2.28. The molecule has 2 amide bonds. The van der Waals surface area contributed by atoms with Gasteiger partial charge in [-0.1, -0.05) is 34.6 Å². The first-order chi connectivity index (χ1) is 10.6. The van der Waals surface area contributed by atoms with E-state index in [1.165, 1.54) is 17.8 Å². The van der Waals surface area contributed by atoms with E-state index in [4.69, 9.17) is 0 Å². The predicted molar refractivity (Wildman–Crippen MR) is 96.0 cm³/mol. The summed E-state index contributed by atoms with van der Waals surface area (Å²) in [6, 6.07) is 1.90. The van der Waals surface area contributed by atoms with Crippen molar-refractivity contribution in [2.45, 2.75) is 48.0 Å². The average Bonchev–Trinajstić information content (AvgIpc) is 2.76. The lowest BCUT2D eigenvalue weighted by atomic mass is 9.92. The Kier molecular flexibility index (Phi) is 5.19. The summed E-state index contributed by atoms with van der Waals surface area (Å²) >= 11 is 1.38. The number of anilines is 1. The normalized spacial score (nSPS) is 22.1. The van der Waals surface area contributed by atoms with E-state index in [1.807, 2.05) is 38.7 Å². The molecule has 0 bridgehead atoms. The molecular weight excluding hydrogens is 308 g/mol. The zero-order valence-electron chi connectivity index (χ0n) is 15.0. The van der Waals surface area contributed by atoms with Gasteiger partial charge in [-0.3, -0.25) is 9.59 Å². The third kappa shape index (κ3) is 4.34. The molecule has 1 aromatic heterocycles. The first-order valence-corrected chi connectivity index (χ1v) is 9.10. The van der Waals surface area contributed by atoms with Gasteiger partial charge in [0, 0.05) is 18.5 Å². The molecule has 1 N–H and O–H groups in total. The molecule has 0 spiro atoms. The van der Waals surface area contributed by atoms with E-state index in [-0.39, 0.29) is 11.8 Å². The Labute approximate surface area is 143 Å². The Balaban J connectivity index is 2.14. The lowest BCUT2D eigenvalue weighted by molar-refractivity contribution is -0.123. The standard InChI is InChI=1S/C18H28N2O2S/c1-11-7-12(2)10-20(9-11)16(21)15-13(3)8-14(23-15)19-17(22)18(4,5)6/h8,11-12H,7,9-10H2,1-6H3,(H,19,22)/t11-,12-/m0/s1. The van der Waals surface area contributed by atoms with Crippen molar-refractivity contribution < 1.29 is 9.59 Å². The fourth-order valence-corrected chi connectivity index (χ4v) is 4.06. The van der Waals surface area contributed by atoms with Crippen LogP contribution in [0.4, 0.5) is 5.00 Å². The van der Waals surface area contributed by atoms with Gasteiger partial charge in [-0.05, 0) is 36.8 Å². The number of piperidine rings is 1. The lowest BCUT2D eigenvalue weighted by Gasteiger charge is -2.34. The molecule has 1 aliphatic rings. The molecule has 1 fully saturated rings. The zero-order chi connectivity index (χ0) is 17.4. The summed E-state index contributed by atoms with van der Waals surface area (Å²) in [5.41, 5.74) is 0.495. The van der Waals surface area contributed by atoms with E-state index in [0.29, 0.717) is 11.8 Å². The van der Waals surface area contributed by atoms with Crippen molar-refractivity contribution in [1.29, 1.82) is 0 Å². The van der Waals surface area contributed by atoms with E-state index < -0.39 is 5.41 Å². The van der Waals surface area contributed by atoms with Crippen LogP contribution in [0.15, 0.2) is 6.07 Å². The number of likely N-dealkylation sites (tertiary alicyclic amines) is 1. The minimum atomic E-state index is -0.445. The van der Waals surface area contributed by atoms with E-state index in [0.717, 1.165) is 28.5 Å². The lowest BCUT2D eigenvalue weighted by Crippen LogP contribution is -2.42. The molecule has 0 unspecified atom stereocenters. The second-order valence-corrected chi connectivity index (χ2v) is 9.04. The van der Waals surface area contributed by atoms with Gasteiger partial charge in [0.1, 0.15) is 0 Å². The van der Waals surface area contributed by atoms with Crippen LogP contribution >= 0.6 is 11.3 Å². The predicted octanol–water partition coefficient (Wildman–Crippen LogP) is 4.16. The van der Waals surface area contributed by atoms with Crippen LogP contribution in [-0.2, 0) is 4.79 Å². The number of amides is 2. The maximum Gasteiger partial charge on any atom is 0.264 e. The van der Waals surface area contributed by atoms with Crippen LogP contribution in [0.25, 0.3) is 0 Å². The SMILES string of the molecule is Cc1cc(NC(=O)C(C)(C)C)sc1C(=O)N1C[C@@H](C)C[C@H](C)C1. The van der Waals surface area contributed by atoms with Gasteiger partial charge in [0.25, 0.3) is 5.91 Å². The summed E-state index contributed by atoms with van der Waals surface area (Å²) in [6.07, 6.45) is 1.18. The van der Waals surface area contributed by atoms with Crippen molar-refractivity contribution in [3.8, 4) is 0 Å². The highest BCUT2D eigenvalue weighted by molar-refractivity contribution is 7.18. The first-order valence-electron chi connectivity index (χ1n) is 8.29. The summed E-state index contributed by atoms with van der Waals surface area (Å²) in [5, 5.41) is 3.68. The summed E-state index contributed by atoms with van der Waals surface area (Å²) in [4.78, 5) is 27.7. The number of carbonyl (C=O) groups is 2. The van der Waals surface area contributed by atoms with Crippen LogP contribution in [0.5, 0.6) is 0 Å². The molecular formula is C18H28N2O2S. The molecule has 0 aliphatic carbocycles. The molecule has 23 heavy (non-hydrogen) atoms. The van der Waals surface area contributed by atoms with E-state index in [1.54, 1.807) is 0 Å². The quantitative estimate of drug-likeness (QED) is 0.881. The van der Waals surface area contributed by atoms with Crippen LogP contribution in [0.2, 0.25) is 0 Å². The fourth-order valence-electron chi connectivity index (χ4n) is 3.03. The molecule has 2 heterocycles. The second-order valence-electron chi connectivity index (χ2n) is 7.98. The van der Waals surface area contributed by atoms with Gasteiger partial charge < -0.3 is 10.2 Å². The smallest absolute Gasteiger partial charge is 0.264 e. The molecule has 2 atom stereocenters. The van der Waals surface area contributed by atoms with Crippen LogP contribution in [-0.4, -0.2) is 29.8 Å². The number of thiophene rings is 1. The monoisotopic (exact) mass is 336 g/mol. The van der Waals surface area contributed by atoms with Crippen molar-refractivity contribution in [3.63, 3.8) is 0 Å². The third-order valence-corrected chi connectivity index (χ3v) is 5.33. The Hall–Kier alpha value is -1.36. The van der Waals surface area contributed by atoms with Gasteiger partial charge in [0.05, 0.1) is 9.88 Å². The van der Waals surface area contributed by atoms with Gasteiger partial charge >= 0.3 is 0 Å². The first kappa shape index (κ1) is 18.0. The summed E-state index contributed by atoms with van der Waals surface area (Å²) < 4.78 is 0. The van der Waals surface area contributed by atoms with Gasteiger partial charge in [-0.25, -0.2) is 0 Å². The third-order valence-electron chi connectivity index (χ3n) is 4.19. The second kappa shape index (κ2) is 6.63. The molecule has 0 aromatic carbocycles. The van der Waals surface area contributed by atoms with Crippen molar-refractivity contribution in [2.75, 3.05) is 18.4 Å². The molecule has 1 aromatic rings. The van der Waals surface area contributed by atoms with E-state index in [9.17, 15) is 9.59 Å². The average molecular weight is 337 g/mol. The molecule has 2 rings (SSSR count). The molecule has 128 valence electrons. The minimum Gasteiger partial charge on any atom is -0.337 e. The molecule has 0 radical (unpaired) electrons. The number of hydrogen-bond donors (Lipinski definition) is 1. The fraction of sp³-hybridized carbons (Fsp3) is 0.667. The highest BCUT2D eigenvalue weighted by atomic mass is 32.1. The van der Waals surface area contributed by atoms with Gasteiger partial charge in [-0.15, -0.1) is 11.3 Å². The Morgan fingerprint density at radius 3 is 2.30 bits per heavy atom. The van der Waals surface area contributed by atoms with Gasteiger partial charge in [-0.2, -0.15) is 0 Å². The summed E-state index contributed by atoms with van der Waals surface area (Å²) in [6.45, 7) is 13.6. The molecule has 5 heteroatoms. The highest BCUT2D eigenvalue weighted by Crippen LogP contribution is 2.31. The number of aryl methyl sites for hydroxylation is 1. The maximum absolute atomic E-state index is 12.8. The van der Waals surface area contributed by atoms with Crippen molar-refractivity contribution >= 4 is 28.2 Å². The summed E-state index contributed by atoms with van der Waals surface area (Å²) in [5.74, 6) is 1.16. The number of nitrogens with zero attached hydrogens (tertiary/aromatic N) is 1. The topological polar surface area (TPSA) is 49.4 Å². The van der Waals surface area contributed by atoms with E-state index >= 15 is 0 Å². The number of carbonyl (C=O) groups excluding carboxylic acids is 2. The van der Waals surface area contributed by atoms with Crippen molar-refractivity contribution in [2.24, 2.45) is 17.3 Å². The van der Waals surface area contributed by atoms with Gasteiger partial charge in [0.15, 0.2) is 0 Å². The number of hydrogen-bond acceptors (Lipinski definition) is 3. The largest absolute Gasteiger partial charge is 0.337 e. The Morgan fingerprint density at radius 2 is 1.78 bits per heavy atom. The Morgan fingerprint density at radius 1 is 1.22 bits per heavy atom. The van der Waals surface area contributed by atoms with Crippen LogP contribution < -0.4 is 5.32 Å². The van der Waals surface area contributed by atoms with E-state index in [2.05, 4.69) is 19.2 Å².